The molecule has 2 heterocycles. The molecular weight excluding hydrogens is 328 g/mol. The maximum Gasteiger partial charge on any atom is 0.225 e. The molecule has 2 fully saturated rings. The summed E-state index contributed by atoms with van der Waals surface area (Å²) in [5.41, 5.74) is 1.52. The van der Waals surface area contributed by atoms with Gasteiger partial charge in [-0.3, -0.25) is 4.79 Å². The smallest absolute Gasteiger partial charge is 0.225 e. The molecule has 1 aromatic carbocycles. The number of carbonyl (C=O) groups is 1. The molecule has 1 N–H and O–H groups in total. The maximum absolute atomic E-state index is 12.6. The molecule has 0 atom stereocenters. The fourth-order valence-corrected chi connectivity index (χ4v) is 4.70. The molecule has 1 spiro atoms. The second-order valence-corrected chi connectivity index (χ2v) is 8.08. The highest BCUT2D eigenvalue weighted by molar-refractivity contribution is 5.77. The molecule has 5 nitrogen and oxygen atoms in total. The lowest BCUT2D eigenvalue weighted by molar-refractivity contribution is -0.147. The van der Waals surface area contributed by atoms with E-state index in [-0.39, 0.29) is 17.9 Å². The van der Waals surface area contributed by atoms with Gasteiger partial charge in [0.05, 0.1) is 24.2 Å². The first kappa shape index (κ1) is 17.8. The lowest BCUT2D eigenvalue weighted by atomic mass is 9.77. The van der Waals surface area contributed by atoms with Crippen LogP contribution in [0.3, 0.4) is 0 Å². The van der Waals surface area contributed by atoms with Crippen molar-refractivity contribution in [2.75, 3.05) is 37.7 Å². The minimum Gasteiger partial charge on any atom is -0.389 e. The molecule has 1 saturated heterocycles. The number of para-hydroxylation sites is 1. The van der Waals surface area contributed by atoms with E-state index in [2.05, 4.69) is 36.1 Å². The largest absolute Gasteiger partial charge is 0.389 e. The standard InChI is InChI=1S/C21H30N2O3/c1-2-22-14-15-26-21(17-6-3-4-7-18(17)22)10-12-23(13-11-21)19(24)16-20(25)8-5-9-20/h3-4,6-7,25H,2,5,8-16H2,1H3. The van der Waals surface area contributed by atoms with Crippen LogP contribution in [0.2, 0.25) is 0 Å². The van der Waals surface area contributed by atoms with Crippen LogP contribution in [0.15, 0.2) is 24.3 Å². The number of aliphatic hydroxyl groups is 1. The molecule has 0 unspecified atom stereocenters. The number of fused-ring (bicyclic) bond motifs is 2. The number of piperidine rings is 1. The molecular formula is C21H30N2O3. The van der Waals surface area contributed by atoms with Gasteiger partial charge < -0.3 is 19.6 Å². The third-order valence-electron chi connectivity index (χ3n) is 6.55. The Balaban J connectivity index is 1.49. The second kappa shape index (κ2) is 6.86. The maximum atomic E-state index is 12.6. The summed E-state index contributed by atoms with van der Waals surface area (Å²) in [5.74, 6) is 0.0964. The molecule has 1 aliphatic carbocycles. The third kappa shape index (κ3) is 3.12. The third-order valence-corrected chi connectivity index (χ3v) is 6.55. The van der Waals surface area contributed by atoms with E-state index in [4.69, 9.17) is 4.74 Å². The molecule has 1 saturated carbocycles. The van der Waals surface area contributed by atoms with E-state index in [0.29, 0.717) is 13.1 Å². The molecule has 1 aromatic rings. The highest BCUT2D eigenvalue weighted by Gasteiger charge is 2.43. The second-order valence-electron chi connectivity index (χ2n) is 8.08. The van der Waals surface area contributed by atoms with Gasteiger partial charge in [0.25, 0.3) is 0 Å². The number of likely N-dealkylation sites (N-methyl/N-ethyl adjacent to an activating group) is 1. The van der Waals surface area contributed by atoms with Crippen molar-refractivity contribution in [3.05, 3.63) is 29.8 Å². The van der Waals surface area contributed by atoms with E-state index in [0.717, 1.165) is 51.8 Å². The number of ether oxygens (including phenoxy) is 1. The molecule has 142 valence electrons. The number of hydrogen-bond acceptors (Lipinski definition) is 4. The van der Waals surface area contributed by atoms with Crippen molar-refractivity contribution in [3.63, 3.8) is 0 Å². The Morgan fingerprint density at radius 3 is 2.54 bits per heavy atom. The van der Waals surface area contributed by atoms with Crippen LogP contribution in [0.25, 0.3) is 0 Å². The Labute approximate surface area is 155 Å². The first-order chi connectivity index (χ1) is 12.6. The number of hydrogen-bond donors (Lipinski definition) is 1. The van der Waals surface area contributed by atoms with E-state index in [1.54, 1.807) is 0 Å². The monoisotopic (exact) mass is 358 g/mol. The molecule has 0 bridgehead atoms. The van der Waals surface area contributed by atoms with Crippen molar-refractivity contribution in [1.29, 1.82) is 0 Å². The Morgan fingerprint density at radius 1 is 1.15 bits per heavy atom. The van der Waals surface area contributed by atoms with Gasteiger partial charge in [0, 0.05) is 37.4 Å². The first-order valence-electron chi connectivity index (χ1n) is 10.0. The van der Waals surface area contributed by atoms with Gasteiger partial charge in [-0.25, -0.2) is 0 Å². The van der Waals surface area contributed by atoms with Gasteiger partial charge in [-0.2, -0.15) is 0 Å². The Kier molecular flexibility index (Phi) is 4.70. The zero-order valence-corrected chi connectivity index (χ0v) is 15.7. The van der Waals surface area contributed by atoms with E-state index in [9.17, 15) is 9.90 Å². The van der Waals surface area contributed by atoms with E-state index >= 15 is 0 Å². The average Bonchev–Trinajstić information content (AvgIpc) is 2.78. The van der Waals surface area contributed by atoms with Crippen LogP contribution in [-0.4, -0.2) is 54.3 Å². The predicted octanol–water partition coefficient (Wildman–Crippen LogP) is 2.67. The highest BCUT2D eigenvalue weighted by Crippen LogP contribution is 2.43. The average molecular weight is 358 g/mol. The van der Waals surface area contributed by atoms with Crippen LogP contribution in [0.1, 0.15) is 51.0 Å². The van der Waals surface area contributed by atoms with Crippen molar-refractivity contribution in [2.45, 2.75) is 56.7 Å². The fraction of sp³-hybridized carbons (Fsp3) is 0.667. The summed E-state index contributed by atoms with van der Waals surface area (Å²) < 4.78 is 6.42. The van der Waals surface area contributed by atoms with Gasteiger partial charge in [-0.1, -0.05) is 18.2 Å². The lowest BCUT2D eigenvalue weighted by Crippen LogP contribution is -2.49. The number of rotatable bonds is 3. The van der Waals surface area contributed by atoms with Crippen molar-refractivity contribution >= 4 is 11.6 Å². The van der Waals surface area contributed by atoms with Crippen LogP contribution in [-0.2, 0) is 15.1 Å². The van der Waals surface area contributed by atoms with Crippen molar-refractivity contribution in [1.82, 2.24) is 4.90 Å². The number of carbonyl (C=O) groups excluding carboxylic acids is 1. The quantitative estimate of drug-likeness (QED) is 0.903. The number of amides is 1. The minimum absolute atomic E-state index is 0.0964. The summed E-state index contributed by atoms with van der Waals surface area (Å²) >= 11 is 0. The Morgan fingerprint density at radius 2 is 1.88 bits per heavy atom. The van der Waals surface area contributed by atoms with Crippen LogP contribution >= 0.6 is 0 Å². The molecule has 4 rings (SSSR count). The summed E-state index contributed by atoms with van der Waals surface area (Å²) in [5, 5.41) is 10.3. The first-order valence-corrected chi connectivity index (χ1v) is 10.0. The van der Waals surface area contributed by atoms with Crippen molar-refractivity contribution < 1.29 is 14.6 Å². The molecule has 0 radical (unpaired) electrons. The zero-order chi connectivity index (χ0) is 18.2. The van der Waals surface area contributed by atoms with Gasteiger partial charge in [0.15, 0.2) is 0 Å². The summed E-state index contributed by atoms with van der Waals surface area (Å²) in [6, 6.07) is 8.57. The fourth-order valence-electron chi connectivity index (χ4n) is 4.70. The number of benzene rings is 1. The predicted molar refractivity (Wildman–Crippen MR) is 101 cm³/mol. The van der Waals surface area contributed by atoms with Gasteiger partial charge >= 0.3 is 0 Å². The van der Waals surface area contributed by atoms with Crippen LogP contribution in [0.5, 0.6) is 0 Å². The molecule has 26 heavy (non-hydrogen) atoms. The minimum atomic E-state index is -0.737. The van der Waals surface area contributed by atoms with Crippen molar-refractivity contribution in [2.24, 2.45) is 0 Å². The van der Waals surface area contributed by atoms with Gasteiger partial charge in [0.2, 0.25) is 5.91 Å². The molecule has 1 amide bonds. The van der Waals surface area contributed by atoms with Crippen LogP contribution in [0.4, 0.5) is 5.69 Å². The molecule has 2 aliphatic heterocycles. The molecule has 0 aromatic heterocycles. The van der Waals surface area contributed by atoms with Gasteiger partial charge in [-0.05, 0) is 45.1 Å². The van der Waals surface area contributed by atoms with E-state index < -0.39 is 5.60 Å². The van der Waals surface area contributed by atoms with Gasteiger partial charge in [0.1, 0.15) is 0 Å². The van der Waals surface area contributed by atoms with Crippen molar-refractivity contribution in [3.8, 4) is 0 Å². The normalized spacial score (nSPS) is 23.9. The van der Waals surface area contributed by atoms with E-state index in [1.165, 1.54) is 11.3 Å². The molecule has 5 heteroatoms. The number of anilines is 1. The SMILES string of the molecule is CCN1CCOC2(CCN(C(=O)CC3(O)CCC3)CC2)c2ccccc21. The summed E-state index contributed by atoms with van der Waals surface area (Å²) in [7, 11) is 0. The highest BCUT2D eigenvalue weighted by atomic mass is 16.5. The topological polar surface area (TPSA) is 53.0 Å². The van der Waals surface area contributed by atoms with Crippen LogP contribution < -0.4 is 4.90 Å². The van der Waals surface area contributed by atoms with Gasteiger partial charge in [-0.15, -0.1) is 0 Å². The summed E-state index contributed by atoms with van der Waals surface area (Å²) in [4.78, 5) is 16.9. The zero-order valence-electron chi connectivity index (χ0n) is 15.7. The van der Waals surface area contributed by atoms with E-state index in [1.807, 2.05) is 4.90 Å². The summed E-state index contributed by atoms with van der Waals surface area (Å²) in [6.45, 7) is 6.19. The number of nitrogens with zero attached hydrogens (tertiary/aromatic N) is 2. The number of likely N-dealkylation sites (tertiary alicyclic amines) is 1. The Hall–Kier alpha value is -1.59. The Bertz CT molecular complexity index is 663. The van der Waals surface area contributed by atoms with Crippen LogP contribution in [0, 0.1) is 0 Å². The lowest BCUT2D eigenvalue weighted by Gasteiger charge is -2.43. The summed E-state index contributed by atoms with van der Waals surface area (Å²) in [6.07, 6.45) is 4.49. The molecule has 3 aliphatic rings.